The van der Waals surface area contributed by atoms with Crippen LogP contribution in [0.2, 0.25) is 0 Å². The van der Waals surface area contributed by atoms with Crippen molar-refractivity contribution in [3.8, 4) is 5.75 Å². The second-order valence-corrected chi connectivity index (χ2v) is 7.96. The third kappa shape index (κ3) is 4.71. The number of carbonyl (C=O) groups excluding carboxylic acids is 1. The molecule has 1 aliphatic heterocycles. The summed E-state index contributed by atoms with van der Waals surface area (Å²) in [5, 5.41) is 7.68. The zero-order chi connectivity index (χ0) is 21.8. The van der Waals surface area contributed by atoms with E-state index in [-0.39, 0.29) is 6.03 Å². The number of rotatable bonds is 5. The Morgan fingerprint density at radius 1 is 1.13 bits per heavy atom. The Labute approximate surface area is 183 Å². The van der Waals surface area contributed by atoms with Gasteiger partial charge in [-0.2, -0.15) is 5.10 Å². The number of urea groups is 1. The van der Waals surface area contributed by atoms with Crippen molar-refractivity contribution in [1.82, 2.24) is 14.8 Å². The van der Waals surface area contributed by atoms with Crippen molar-refractivity contribution >= 4 is 17.4 Å². The van der Waals surface area contributed by atoms with E-state index in [0.717, 1.165) is 42.9 Å². The molecule has 4 rings (SSSR count). The van der Waals surface area contributed by atoms with Crippen molar-refractivity contribution in [2.45, 2.75) is 52.6 Å². The van der Waals surface area contributed by atoms with Gasteiger partial charge in [0.25, 0.3) is 0 Å². The lowest BCUT2D eigenvalue weighted by atomic mass is 10.1. The van der Waals surface area contributed by atoms with E-state index in [1.54, 1.807) is 12.0 Å². The number of aromatic nitrogens is 3. The number of aryl methyl sites for hydroxylation is 4. The van der Waals surface area contributed by atoms with Crippen LogP contribution >= 0.6 is 0 Å². The molecule has 0 spiro atoms. The average molecular weight is 420 g/mol. The first-order valence-electron chi connectivity index (χ1n) is 10.8. The monoisotopic (exact) mass is 419 g/mol. The van der Waals surface area contributed by atoms with Gasteiger partial charge in [0.1, 0.15) is 11.6 Å². The number of fused-ring (bicyclic) bond motifs is 1. The molecule has 0 atom stereocenters. The number of hydrogen-bond acceptors (Lipinski definition) is 4. The predicted molar refractivity (Wildman–Crippen MR) is 122 cm³/mol. The number of ether oxygens (including phenoxy) is 1. The number of anilines is 2. The summed E-state index contributed by atoms with van der Waals surface area (Å²) in [6.07, 6.45) is 4.39. The van der Waals surface area contributed by atoms with Gasteiger partial charge in [0.05, 0.1) is 19.3 Å². The first-order chi connectivity index (χ1) is 15.0. The number of amides is 2. The minimum atomic E-state index is -0.252. The molecule has 2 aromatic carbocycles. The van der Waals surface area contributed by atoms with Crippen molar-refractivity contribution in [3.05, 3.63) is 65.2 Å². The van der Waals surface area contributed by atoms with Gasteiger partial charge >= 0.3 is 6.03 Å². The quantitative estimate of drug-likeness (QED) is 0.640. The molecule has 7 nitrogen and oxygen atoms in total. The third-order valence-electron chi connectivity index (χ3n) is 5.76. The number of benzene rings is 2. The second-order valence-electron chi connectivity index (χ2n) is 7.96. The molecular formula is C24H29N5O2. The zero-order valence-electron chi connectivity index (χ0n) is 18.4. The molecule has 0 saturated heterocycles. The highest BCUT2D eigenvalue weighted by molar-refractivity contribution is 6.02. The smallest absolute Gasteiger partial charge is 0.326 e. The molecule has 2 heterocycles. The minimum absolute atomic E-state index is 0.252. The number of hydrogen-bond donors (Lipinski definition) is 1. The Balaban J connectivity index is 1.64. The Hall–Kier alpha value is -3.35. The summed E-state index contributed by atoms with van der Waals surface area (Å²) in [5.41, 5.74) is 3.74. The predicted octanol–water partition coefficient (Wildman–Crippen LogP) is 4.87. The Kier molecular flexibility index (Phi) is 6.21. The summed E-state index contributed by atoms with van der Waals surface area (Å²) in [6.45, 7) is 5.29. The van der Waals surface area contributed by atoms with E-state index in [2.05, 4.69) is 12.2 Å². The van der Waals surface area contributed by atoms with Gasteiger partial charge in [-0.15, -0.1) is 0 Å². The summed E-state index contributed by atoms with van der Waals surface area (Å²) in [6, 6.07) is 13.2. The van der Waals surface area contributed by atoms with E-state index < -0.39 is 0 Å². The number of methoxy groups -OCH3 is 1. The van der Waals surface area contributed by atoms with E-state index >= 15 is 0 Å². The van der Waals surface area contributed by atoms with Crippen LogP contribution in [0.4, 0.5) is 16.2 Å². The van der Waals surface area contributed by atoms with E-state index in [1.165, 1.54) is 12.0 Å². The fourth-order valence-electron chi connectivity index (χ4n) is 3.82. The normalized spacial score (nSPS) is 13.3. The number of nitrogens with one attached hydrogen (secondary N) is 1. The van der Waals surface area contributed by atoms with Gasteiger partial charge in [0.15, 0.2) is 5.82 Å². The maximum atomic E-state index is 13.4. The largest absolute Gasteiger partial charge is 0.495 e. The first kappa shape index (κ1) is 20.9. The van der Waals surface area contributed by atoms with Gasteiger partial charge < -0.3 is 10.1 Å². The maximum absolute atomic E-state index is 13.4. The van der Waals surface area contributed by atoms with Crippen LogP contribution in [0.3, 0.4) is 0 Å². The first-order valence-corrected chi connectivity index (χ1v) is 10.8. The summed E-state index contributed by atoms with van der Waals surface area (Å²) in [5.74, 6) is 2.28. The van der Waals surface area contributed by atoms with E-state index in [1.807, 2.05) is 54.1 Å². The molecule has 1 aliphatic rings. The lowest BCUT2D eigenvalue weighted by Gasteiger charge is -2.23. The molecule has 0 saturated carbocycles. The maximum Gasteiger partial charge on any atom is 0.326 e. The molecule has 31 heavy (non-hydrogen) atoms. The summed E-state index contributed by atoms with van der Waals surface area (Å²) >= 11 is 0. The molecular weight excluding hydrogens is 390 g/mol. The Morgan fingerprint density at radius 2 is 1.97 bits per heavy atom. The van der Waals surface area contributed by atoms with Gasteiger partial charge in [-0.05, 0) is 62.1 Å². The van der Waals surface area contributed by atoms with E-state index in [4.69, 9.17) is 14.8 Å². The van der Waals surface area contributed by atoms with Crippen molar-refractivity contribution in [1.29, 1.82) is 0 Å². The molecule has 0 bridgehead atoms. The van der Waals surface area contributed by atoms with Crippen LogP contribution in [0.5, 0.6) is 5.75 Å². The number of carbonyl (C=O) groups is 1. The molecule has 0 radical (unpaired) electrons. The van der Waals surface area contributed by atoms with Crippen molar-refractivity contribution in [2.75, 3.05) is 17.3 Å². The summed E-state index contributed by atoms with van der Waals surface area (Å²) in [7, 11) is 1.59. The fraction of sp³-hybridized carbons (Fsp3) is 0.375. The van der Waals surface area contributed by atoms with Gasteiger partial charge in [0.2, 0.25) is 0 Å². The van der Waals surface area contributed by atoms with Crippen LogP contribution in [0.1, 0.15) is 42.0 Å². The topological polar surface area (TPSA) is 72.3 Å². The summed E-state index contributed by atoms with van der Waals surface area (Å²) < 4.78 is 7.39. The van der Waals surface area contributed by atoms with Crippen LogP contribution in [0.15, 0.2) is 42.5 Å². The van der Waals surface area contributed by atoms with Crippen molar-refractivity contribution in [2.24, 2.45) is 0 Å². The highest BCUT2D eigenvalue weighted by atomic mass is 16.5. The minimum Gasteiger partial charge on any atom is -0.495 e. The molecule has 1 N–H and O–H groups in total. The highest BCUT2D eigenvalue weighted by Crippen LogP contribution is 2.26. The van der Waals surface area contributed by atoms with E-state index in [9.17, 15) is 4.79 Å². The van der Waals surface area contributed by atoms with Gasteiger partial charge in [-0.1, -0.05) is 24.6 Å². The molecule has 162 valence electrons. The molecule has 3 aromatic rings. The third-order valence-corrected chi connectivity index (χ3v) is 5.76. The lowest BCUT2D eigenvalue weighted by Crippen LogP contribution is -2.35. The van der Waals surface area contributed by atoms with Crippen molar-refractivity contribution in [3.63, 3.8) is 0 Å². The summed E-state index contributed by atoms with van der Waals surface area (Å²) in [4.78, 5) is 19.8. The Bertz CT molecular complexity index is 1050. The van der Waals surface area contributed by atoms with Crippen LogP contribution in [0.25, 0.3) is 0 Å². The Morgan fingerprint density at radius 3 is 2.77 bits per heavy atom. The molecule has 1 aromatic heterocycles. The van der Waals surface area contributed by atoms with Crippen LogP contribution in [-0.4, -0.2) is 27.9 Å². The molecule has 2 amide bonds. The molecule has 7 heteroatoms. The lowest BCUT2D eigenvalue weighted by molar-refractivity contribution is 0.256. The zero-order valence-corrected chi connectivity index (χ0v) is 18.4. The van der Waals surface area contributed by atoms with Crippen LogP contribution in [-0.2, 0) is 19.5 Å². The van der Waals surface area contributed by atoms with Crippen molar-refractivity contribution < 1.29 is 9.53 Å². The standard InChI is InChI=1S/C24H29N5O2/c1-17-12-13-19(15-18(17)2)28(24(30)25-20-9-6-7-10-21(20)31-3)16-22-26-23-11-5-4-8-14-29(23)27-22/h6-7,9-10,12-13,15H,4-5,8,11,14,16H2,1-3H3,(H,25,30). The molecule has 0 unspecified atom stereocenters. The average Bonchev–Trinajstić information content (AvgIpc) is 3.02. The van der Waals surface area contributed by atoms with Crippen LogP contribution < -0.4 is 15.0 Å². The number of para-hydroxylation sites is 2. The second kappa shape index (κ2) is 9.20. The van der Waals surface area contributed by atoms with Crippen LogP contribution in [0, 0.1) is 13.8 Å². The fourth-order valence-corrected chi connectivity index (χ4v) is 3.82. The van der Waals surface area contributed by atoms with E-state index in [0.29, 0.717) is 23.8 Å². The molecule has 0 aliphatic carbocycles. The van der Waals surface area contributed by atoms with Gasteiger partial charge in [-0.25, -0.2) is 14.5 Å². The SMILES string of the molecule is COc1ccccc1NC(=O)N(Cc1nc2n(n1)CCCCC2)c1ccc(C)c(C)c1. The number of nitrogens with zero attached hydrogens (tertiary/aromatic N) is 4. The van der Waals surface area contributed by atoms with Gasteiger partial charge in [-0.3, -0.25) is 4.90 Å². The molecule has 0 fully saturated rings. The van der Waals surface area contributed by atoms with Gasteiger partial charge in [0, 0.05) is 18.7 Å². The highest BCUT2D eigenvalue weighted by Gasteiger charge is 2.22.